The summed E-state index contributed by atoms with van der Waals surface area (Å²) in [5.41, 5.74) is 7.44. The molecule has 0 atom stereocenters. The Morgan fingerprint density at radius 2 is 2.10 bits per heavy atom. The van der Waals surface area contributed by atoms with Gasteiger partial charge in [0.05, 0.1) is 6.04 Å². The van der Waals surface area contributed by atoms with E-state index in [4.69, 9.17) is 11.1 Å². The van der Waals surface area contributed by atoms with Crippen molar-refractivity contribution in [2.45, 2.75) is 42.6 Å². The van der Waals surface area contributed by atoms with Crippen LogP contribution in [0.2, 0.25) is 0 Å². The molecule has 2 aromatic rings. The highest BCUT2D eigenvalue weighted by atomic mass is 32.2. The van der Waals surface area contributed by atoms with E-state index in [2.05, 4.69) is 15.5 Å². The summed E-state index contributed by atoms with van der Waals surface area (Å²) in [6.45, 7) is 0. The van der Waals surface area contributed by atoms with Crippen LogP contribution in [0.5, 0.6) is 0 Å². The number of hydrogen-bond acceptors (Lipinski definition) is 5. The number of aromatic nitrogens is 4. The number of hydrogen-bond donors (Lipinski definition) is 2. The molecule has 1 aromatic carbocycles. The molecule has 1 saturated carbocycles. The maximum absolute atomic E-state index is 7.63. The number of nitrogens with zero attached hydrogens (tertiary/aromatic N) is 4. The van der Waals surface area contributed by atoms with Crippen LogP contribution in [0.15, 0.2) is 29.4 Å². The highest BCUT2D eigenvalue weighted by molar-refractivity contribution is 7.98. The maximum Gasteiger partial charge on any atom is 0.209 e. The van der Waals surface area contributed by atoms with Gasteiger partial charge < -0.3 is 5.73 Å². The fourth-order valence-corrected chi connectivity index (χ4v) is 3.66. The lowest BCUT2D eigenvalue weighted by molar-refractivity contribution is 0.423. The van der Waals surface area contributed by atoms with Crippen LogP contribution in [-0.2, 0) is 5.75 Å². The van der Waals surface area contributed by atoms with Crippen LogP contribution in [0.3, 0.4) is 0 Å². The van der Waals surface area contributed by atoms with Crippen LogP contribution < -0.4 is 5.73 Å². The minimum atomic E-state index is 0.0987. The van der Waals surface area contributed by atoms with Gasteiger partial charge in [-0.25, -0.2) is 4.68 Å². The number of rotatable bonds is 5. The Kier molecular flexibility index (Phi) is 4.19. The molecular weight excluding hydrogens is 284 g/mol. The second-order valence-electron chi connectivity index (χ2n) is 5.20. The molecule has 6 nitrogen and oxygen atoms in total. The second-order valence-corrected chi connectivity index (χ2v) is 6.15. The van der Waals surface area contributed by atoms with Crippen molar-refractivity contribution in [3.63, 3.8) is 0 Å². The first-order valence-electron chi connectivity index (χ1n) is 7.08. The largest absolute Gasteiger partial charge is 0.384 e. The molecule has 0 unspecified atom stereocenters. The van der Waals surface area contributed by atoms with Crippen molar-refractivity contribution in [1.29, 1.82) is 5.41 Å². The molecule has 3 rings (SSSR count). The summed E-state index contributed by atoms with van der Waals surface area (Å²) < 4.78 is 1.95. The molecular formula is C14H18N6S. The molecule has 0 spiro atoms. The molecule has 1 heterocycles. The van der Waals surface area contributed by atoms with Gasteiger partial charge in [-0.3, -0.25) is 5.41 Å². The van der Waals surface area contributed by atoms with Gasteiger partial charge in [-0.2, -0.15) is 0 Å². The monoisotopic (exact) mass is 302 g/mol. The minimum absolute atomic E-state index is 0.0987. The van der Waals surface area contributed by atoms with Gasteiger partial charge in [-0.15, -0.1) is 5.10 Å². The molecule has 0 bridgehead atoms. The van der Waals surface area contributed by atoms with Crippen LogP contribution in [0.1, 0.15) is 42.9 Å². The SMILES string of the molecule is N=C(N)c1ccccc1CSc1nnnn1C1CCCC1. The van der Waals surface area contributed by atoms with Crippen molar-refractivity contribution in [3.8, 4) is 0 Å². The van der Waals surface area contributed by atoms with Crippen molar-refractivity contribution in [3.05, 3.63) is 35.4 Å². The summed E-state index contributed by atoms with van der Waals surface area (Å²) in [7, 11) is 0. The molecule has 3 N–H and O–H groups in total. The van der Waals surface area contributed by atoms with Crippen LogP contribution in [-0.4, -0.2) is 26.0 Å². The molecule has 1 aliphatic carbocycles. The summed E-state index contributed by atoms with van der Waals surface area (Å²) >= 11 is 1.60. The Hall–Kier alpha value is -1.89. The Morgan fingerprint density at radius 3 is 2.86 bits per heavy atom. The number of amidine groups is 1. The molecule has 110 valence electrons. The molecule has 21 heavy (non-hydrogen) atoms. The van der Waals surface area contributed by atoms with Gasteiger partial charge in [0.2, 0.25) is 5.16 Å². The van der Waals surface area contributed by atoms with Crippen molar-refractivity contribution < 1.29 is 0 Å². The zero-order valence-corrected chi connectivity index (χ0v) is 12.5. The van der Waals surface area contributed by atoms with E-state index in [-0.39, 0.29) is 5.84 Å². The number of thioether (sulfide) groups is 1. The predicted octanol–water partition coefficient (Wildman–Crippen LogP) is 2.36. The van der Waals surface area contributed by atoms with E-state index < -0.39 is 0 Å². The quantitative estimate of drug-likeness (QED) is 0.502. The van der Waals surface area contributed by atoms with Gasteiger partial charge in [0, 0.05) is 11.3 Å². The van der Waals surface area contributed by atoms with Gasteiger partial charge in [-0.05, 0) is 28.8 Å². The third-order valence-electron chi connectivity index (χ3n) is 3.80. The fraction of sp³-hybridized carbons (Fsp3) is 0.429. The van der Waals surface area contributed by atoms with E-state index >= 15 is 0 Å². The molecule has 7 heteroatoms. The summed E-state index contributed by atoms with van der Waals surface area (Å²) in [6.07, 6.45) is 4.81. The maximum atomic E-state index is 7.63. The number of nitrogens with one attached hydrogen (secondary N) is 1. The normalized spacial score (nSPS) is 15.4. The highest BCUT2D eigenvalue weighted by Crippen LogP contribution is 2.32. The number of benzene rings is 1. The summed E-state index contributed by atoms with van der Waals surface area (Å²) in [5, 5.41) is 20.6. The van der Waals surface area contributed by atoms with E-state index in [1.165, 1.54) is 12.8 Å². The lowest BCUT2D eigenvalue weighted by atomic mass is 10.1. The molecule has 0 amide bonds. The molecule has 1 fully saturated rings. The first-order valence-corrected chi connectivity index (χ1v) is 8.07. The lowest BCUT2D eigenvalue weighted by Gasteiger charge is -2.11. The highest BCUT2D eigenvalue weighted by Gasteiger charge is 2.21. The van der Waals surface area contributed by atoms with Crippen molar-refractivity contribution in [1.82, 2.24) is 20.2 Å². The number of nitrogen functional groups attached to an aromatic ring is 1. The second kappa shape index (κ2) is 6.26. The van der Waals surface area contributed by atoms with E-state index in [9.17, 15) is 0 Å². The van der Waals surface area contributed by atoms with Crippen LogP contribution in [0, 0.1) is 5.41 Å². The topological polar surface area (TPSA) is 93.5 Å². The van der Waals surface area contributed by atoms with E-state index in [1.54, 1.807) is 11.8 Å². The Labute approximate surface area is 127 Å². The molecule has 0 radical (unpaired) electrons. The number of nitrogens with two attached hydrogens (primary N) is 1. The van der Waals surface area contributed by atoms with Crippen LogP contribution in [0.4, 0.5) is 0 Å². The summed E-state index contributed by atoms with van der Waals surface area (Å²) in [4.78, 5) is 0. The minimum Gasteiger partial charge on any atom is -0.384 e. The predicted molar refractivity (Wildman–Crippen MR) is 82.3 cm³/mol. The van der Waals surface area contributed by atoms with Gasteiger partial charge in [0.25, 0.3) is 0 Å². The van der Waals surface area contributed by atoms with E-state index in [0.717, 1.165) is 29.1 Å². The van der Waals surface area contributed by atoms with Crippen molar-refractivity contribution >= 4 is 17.6 Å². The van der Waals surface area contributed by atoms with Gasteiger partial charge in [-0.1, -0.05) is 48.9 Å². The van der Waals surface area contributed by atoms with Gasteiger partial charge in [0.15, 0.2) is 0 Å². The Morgan fingerprint density at radius 1 is 1.33 bits per heavy atom. The summed E-state index contributed by atoms with van der Waals surface area (Å²) in [5.74, 6) is 0.810. The first kappa shape index (κ1) is 14.1. The van der Waals surface area contributed by atoms with Gasteiger partial charge in [0.1, 0.15) is 5.84 Å². The third kappa shape index (κ3) is 3.07. The van der Waals surface area contributed by atoms with Crippen molar-refractivity contribution in [2.75, 3.05) is 0 Å². The van der Waals surface area contributed by atoms with E-state index in [1.807, 2.05) is 28.9 Å². The molecule has 1 aliphatic rings. The smallest absolute Gasteiger partial charge is 0.209 e. The number of tetrazole rings is 1. The zero-order valence-electron chi connectivity index (χ0n) is 11.7. The molecule has 0 saturated heterocycles. The first-order chi connectivity index (χ1) is 10.3. The third-order valence-corrected chi connectivity index (χ3v) is 4.78. The molecule has 1 aromatic heterocycles. The summed E-state index contributed by atoms with van der Waals surface area (Å²) in [6, 6.07) is 8.16. The molecule has 0 aliphatic heterocycles. The lowest BCUT2D eigenvalue weighted by Crippen LogP contribution is -2.13. The van der Waals surface area contributed by atoms with Crippen molar-refractivity contribution in [2.24, 2.45) is 5.73 Å². The zero-order chi connectivity index (χ0) is 14.7. The van der Waals surface area contributed by atoms with Crippen LogP contribution >= 0.6 is 11.8 Å². The Balaban J connectivity index is 1.74. The van der Waals surface area contributed by atoms with Crippen LogP contribution in [0.25, 0.3) is 0 Å². The average Bonchev–Trinajstić information content (AvgIpc) is 3.16. The van der Waals surface area contributed by atoms with E-state index in [0.29, 0.717) is 11.8 Å². The fourth-order valence-electron chi connectivity index (χ4n) is 2.71. The Bertz CT molecular complexity index is 632. The average molecular weight is 302 g/mol. The standard InChI is InChI=1S/C14H18N6S/c15-13(16)12-8-4-1-5-10(12)9-21-14-17-18-19-20(14)11-6-2-3-7-11/h1,4-5,8,11H,2-3,6-7,9H2,(H3,15,16). The van der Waals surface area contributed by atoms with Gasteiger partial charge >= 0.3 is 0 Å².